The van der Waals surface area contributed by atoms with Crippen LogP contribution in [-0.2, 0) is 0 Å². The van der Waals surface area contributed by atoms with Gasteiger partial charge in [-0.25, -0.2) is 0 Å². The molecule has 1 aromatic rings. The summed E-state index contributed by atoms with van der Waals surface area (Å²) < 4.78 is 0. The number of nitrogens with zero attached hydrogens (tertiary/aromatic N) is 2. The third-order valence-corrected chi connectivity index (χ3v) is 5.16. The smallest absolute Gasteiger partial charge is 0.0499 e. The van der Waals surface area contributed by atoms with Crippen LogP contribution in [0, 0.1) is 6.92 Å². The van der Waals surface area contributed by atoms with Gasteiger partial charge in [-0.1, -0.05) is 38.2 Å². The second-order valence-electron chi connectivity index (χ2n) is 6.68. The fraction of sp³-hybridized carbons (Fsp3) is 0.650. The fourth-order valence-electron chi connectivity index (χ4n) is 3.34. The second kappa shape index (κ2) is 11.0. The molecule has 134 valence electrons. The molecule has 1 aliphatic rings. The minimum Gasteiger partial charge on any atom is -0.369 e. The Morgan fingerprint density at radius 2 is 1.67 bits per heavy atom. The van der Waals surface area contributed by atoms with Gasteiger partial charge in [-0.05, 0) is 43.0 Å². The Kier molecular flexibility index (Phi) is 8.98. The normalized spacial score (nSPS) is 17.0. The SMILES string of the molecule is Cc1cc(N(CCCl)CCCl)ccc1C=NC1CCCCCCC1. The van der Waals surface area contributed by atoms with Crippen LogP contribution in [0.4, 0.5) is 5.69 Å². The number of aryl methyl sites for hydroxylation is 1. The number of rotatable bonds is 7. The third-order valence-electron chi connectivity index (χ3n) is 4.83. The summed E-state index contributed by atoms with van der Waals surface area (Å²) in [5, 5.41) is 0. The van der Waals surface area contributed by atoms with Crippen LogP contribution in [0.15, 0.2) is 23.2 Å². The lowest BCUT2D eigenvalue weighted by molar-refractivity contribution is 0.456. The number of halogens is 2. The van der Waals surface area contributed by atoms with E-state index in [1.165, 1.54) is 61.8 Å². The Hall–Kier alpha value is -0.730. The standard InChI is InChI=1S/C20H30Cl2N2/c1-17-15-20(24(13-11-21)14-12-22)10-9-18(17)16-23-19-7-5-3-2-4-6-8-19/h9-10,15-16,19H,2-8,11-14H2,1H3. The molecule has 1 aliphatic carbocycles. The van der Waals surface area contributed by atoms with E-state index in [9.17, 15) is 0 Å². The number of hydrogen-bond acceptors (Lipinski definition) is 2. The first-order valence-electron chi connectivity index (χ1n) is 9.25. The highest BCUT2D eigenvalue weighted by Crippen LogP contribution is 2.21. The maximum Gasteiger partial charge on any atom is 0.0499 e. The van der Waals surface area contributed by atoms with Gasteiger partial charge in [0.2, 0.25) is 0 Å². The molecule has 1 aromatic carbocycles. The van der Waals surface area contributed by atoms with E-state index < -0.39 is 0 Å². The molecule has 0 radical (unpaired) electrons. The first-order valence-corrected chi connectivity index (χ1v) is 10.3. The van der Waals surface area contributed by atoms with Crippen LogP contribution in [-0.4, -0.2) is 37.1 Å². The van der Waals surface area contributed by atoms with E-state index in [1.54, 1.807) is 0 Å². The van der Waals surface area contributed by atoms with Gasteiger partial charge in [-0.3, -0.25) is 4.99 Å². The molecule has 0 saturated heterocycles. The summed E-state index contributed by atoms with van der Waals surface area (Å²) in [7, 11) is 0. The van der Waals surface area contributed by atoms with Crippen molar-refractivity contribution in [2.75, 3.05) is 29.7 Å². The van der Waals surface area contributed by atoms with Crippen molar-refractivity contribution in [3.63, 3.8) is 0 Å². The minimum absolute atomic E-state index is 0.508. The minimum atomic E-state index is 0.508. The molecular formula is C20H30Cl2N2. The van der Waals surface area contributed by atoms with Crippen molar-refractivity contribution in [3.05, 3.63) is 29.3 Å². The van der Waals surface area contributed by atoms with Gasteiger partial charge in [0.25, 0.3) is 0 Å². The van der Waals surface area contributed by atoms with E-state index in [0.717, 1.165) is 13.1 Å². The van der Waals surface area contributed by atoms with Crippen LogP contribution in [0.1, 0.15) is 56.1 Å². The summed E-state index contributed by atoms with van der Waals surface area (Å²) in [5.74, 6) is 1.22. The number of aliphatic imine (C=N–C) groups is 1. The van der Waals surface area contributed by atoms with Crippen LogP contribution in [0.5, 0.6) is 0 Å². The number of hydrogen-bond donors (Lipinski definition) is 0. The maximum absolute atomic E-state index is 5.91. The van der Waals surface area contributed by atoms with Crippen LogP contribution in [0.2, 0.25) is 0 Å². The van der Waals surface area contributed by atoms with E-state index in [4.69, 9.17) is 28.2 Å². The number of alkyl halides is 2. The molecule has 0 amide bonds. The topological polar surface area (TPSA) is 15.6 Å². The van der Waals surface area contributed by atoms with Crippen LogP contribution < -0.4 is 4.90 Å². The van der Waals surface area contributed by atoms with E-state index in [1.807, 2.05) is 0 Å². The van der Waals surface area contributed by atoms with Gasteiger partial charge in [-0.2, -0.15) is 0 Å². The van der Waals surface area contributed by atoms with Crippen molar-refractivity contribution in [2.24, 2.45) is 4.99 Å². The summed E-state index contributed by atoms with van der Waals surface area (Å²) in [6, 6.07) is 7.06. The molecule has 0 spiro atoms. The number of anilines is 1. The molecule has 4 heteroatoms. The van der Waals surface area contributed by atoms with Crippen molar-refractivity contribution in [2.45, 2.75) is 57.9 Å². The quantitative estimate of drug-likeness (QED) is 0.437. The van der Waals surface area contributed by atoms with Gasteiger partial charge in [0.15, 0.2) is 0 Å². The summed E-state index contributed by atoms with van der Waals surface area (Å²) in [4.78, 5) is 7.12. The molecule has 24 heavy (non-hydrogen) atoms. The molecule has 0 N–H and O–H groups in total. The van der Waals surface area contributed by atoms with Crippen molar-refractivity contribution in [1.82, 2.24) is 0 Å². The summed E-state index contributed by atoms with van der Waals surface area (Å²) in [5.41, 5.74) is 3.67. The van der Waals surface area contributed by atoms with Gasteiger partial charge in [0.1, 0.15) is 0 Å². The summed E-state index contributed by atoms with van der Waals surface area (Å²) in [6.45, 7) is 3.80. The van der Waals surface area contributed by atoms with Crippen molar-refractivity contribution < 1.29 is 0 Å². The summed E-state index contributed by atoms with van der Waals surface area (Å²) >= 11 is 11.8. The Bertz CT molecular complexity index is 502. The zero-order chi connectivity index (χ0) is 17.2. The first-order chi connectivity index (χ1) is 11.7. The molecule has 0 unspecified atom stereocenters. The van der Waals surface area contributed by atoms with Crippen molar-refractivity contribution >= 4 is 35.1 Å². The summed E-state index contributed by atoms with van der Waals surface area (Å²) in [6.07, 6.45) is 11.4. The zero-order valence-electron chi connectivity index (χ0n) is 14.8. The van der Waals surface area contributed by atoms with Gasteiger partial charge in [0, 0.05) is 42.8 Å². The van der Waals surface area contributed by atoms with E-state index in [-0.39, 0.29) is 0 Å². The molecule has 1 fully saturated rings. The molecule has 2 rings (SSSR count). The van der Waals surface area contributed by atoms with Gasteiger partial charge in [-0.15, -0.1) is 23.2 Å². The van der Waals surface area contributed by atoms with Gasteiger partial charge >= 0.3 is 0 Å². The molecule has 0 heterocycles. The van der Waals surface area contributed by atoms with Gasteiger partial charge in [0.05, 0.1) is 0 Å². The zero-order valence-corrected chi connectivity index (χ0v) is 16.3. The van der Waals surface area contributed by atoms with Crippen LogP contribution in [0.25, 0.3) is 0 Å². The second-order valence-corrected chi connectivity index (χ2v) is 7.44. The Balaban J connectivity index is 2.03. The molecular weight excluding hydrogens is 339 g/mol. The van der Waals surface area contributed by atoms with E-state index in [0.29, 0.717) is 17.8 Å². The van der Waals surface area contributed by atoms with Gasteiger partial charge < -0.3 is 4.90 Å². The highest BCUT2D eigenvalue weighted by Gasteiger charge is 2.10. The monoisotopic (exact) mass is 368 g/mol. The molecule has 0 aliphatic heterocycles. The maximum atomic E-state index is 5.91. The van der Waals surface area contributed by atoms with E-state index >= 15 is 0 Å². The van der Waals surface area contributed by atoms with Crippen LogP contribution in [0.3, 0.4) is 0 Å². The lowest BCUT2D eigenvalue weighted by Gasteiger charge is -2.23. The fourth-order valence-corrected chi connectivity index (χ4v) is 3.75. The first kappa shape index (κ1) is 19.6. The average molecular weight is 369 g/mol. The average Bonchev–Trinajstić information content (AvgIpc) is 2.54. The lowest BCUT2D eigenvalue weighted by Crippen LogP contribution is -2.27. The van der Waals surface area contributed by atoms with Crippen molar-refractivity contribution in [1.29, 1.82) is 0 Å². The molecule has 1 saturated carbocycles. The lowest BCUT2D eigenvalue weighted by atomic mass is 9.97. The molecule has 0 aromatic heterocycles. The third kappa shape index (κ3) is 6.29. The van der Waals surface area contributed by atoms with E-state index in [2.05, 4.69) is 36.2 Å². The Labute approximate surface area is 157 Å². The predicted octanol–water partition coefficient (Wildman–Crippen LogP) is 5.81. The highest BCUT2D eigenvalue weighted by molar-refractivity contribution is 6.18. The highest BCUT2D eigenvalue weighted by atomic mass is 35.5. The predicted molar refractivity (Wildman–Crippen MR) is 109 cm³/mol. The van der Waals surface area contributed by atoms with Crippen LogP contribution >= 0.6 is 23.2 Å². The molecule has 0 bridgehead atoms. The largest absolute Gasteiger partial charge is 0.369 e. The van der Waals surface area contributed by atoms with Crippen molar-refractivity contribution in [3.8, 4) is 0 Å². The number of benzene rings is 1. The Morgan fingerprint density at radius 3 is 2.25 bits per heavy atom. The Morgan fingerprint density at radius 1 is 1.04 bits per heavy atom. The molecule has 2 nitrogen and oxygen atoms in total. The molecule has 0 atom stereocenters.